The molecule has 0 unspecified atom stereocenters. The van der Waals surface area contributed by atoms with Crippen molar-refractivity contribution in [2.75, 3.05) is 54.0 Å². The molecule has 0 spiro atoms. The van der Waals surface area contributed by atoms with E-state index in [2.05, 4.69) is 36.1 Å². The van der Waals surface area contributed by atoms with E-state index < -0.39 is 0 Å². The molecule has 0 N–H and O–H groups in total. The summed E-state index contributed by atoms with van der Waals surface area (Å²) in [6, 6.07) is 14.4. The Kier molecular flexibility index (Phi) is 7.71. The van der Waals surface area contributed by atoms with Crippen molar-refractivity contribution >= 4 is 5.91 Å². The molecule has 0 aromatic heterocycles. The Hall–Kier alpha value is -2.57. The number of nitrogens with zero attached hydrogens (tertiary/aromatic N) is 3. The van der Waals surface area contributed by atoms with E-state index >= 15 is 0 Å². The van der Waals surface area contributed by atoms with Crippen molar-refractivity contribution in [3.05, 3.63) is 59.2 Å². The average molecular weight is 412 g/mol. The zero-order valence-corrected chi connectivity index (χ0v) is 18.6. The maximum absolute atomic E-state index is 12.8. The molecule has 3 rings (SSSR count). The van der Waals surface area contributed by atoms with Crippen molar-refractivity contribution in [2.45, 2.75) is 20.0 Å². The standard InChI is InChI=1S/C24H33N3O3/c1-19-7-5-6-8-21(19)17-26-11-13-27(14-12-26)24(28)18-25(2)16-20-9-10-22(29-3)23(15-20)30-4/h5-10,15H,11-14,16-18H2,1-4H3. The normalized spacial score (nSPS) is 14.8. The van der Waals surface area contributed by atoms with E-state index in [1.54, 1.807) is 14.2 Å². The highest BCUT2D eigenvalue weighted by Crippen LogP contribution is 2.27. The molecule has 1 saturated heterocycles. The molecule has 30 heavy (non-hydrogen) atoms. The van der Waals surface area contributed by atoms with E-state index in [1.807, 2.05) is 35.0 Å². The zero-order valence-electron chi connectivity index (χ0n) is 18.6. The molecule has 2 aromatic rings. The van der Waals surface area contributed by atoms with Gasteiger partial charge in [0, 0.05) is 39.3 Å². The number of carbonyl (C=O) groups is 1. The summed E-state index contributed by atoms with van der Waals surface area (Å²) in [6.45, 7) is 7.60. The highest BCUT2D eigenvalue weighted by atomic mass is 16.5. The zero-order chi connectivity index (χ0) is 21.5. The van der Waals surface area contributed by atoms with Crippen LogP contribution in [0.5, 0.6) is 11.5 Å². The molecule has 0 aliphatic carbocycles. The summed E-state index contributed by atoms with van der Waals surface area (Å²) < 4.78 is 10.7. The van der Waals surface area contributed by atoms with Crippen LogP contribution in [0.2, 0.25) is 0 Å². The monoisotopic (exact) mass is 411 g/mol. The number of hydrogen-bond donors (Lipinski definition) is 0. The molecule has 162 valence electrons. The quantitative estimate of drug-likeness (QED) is 0.668. The predicted octanol–water partition coefficient (Wildman–Crippen LogP) is 2.79. The Bertz CT molecular complexity index is 847. The van der Waals surface area contributed by atoms with E-state index in [0.717, 1.165) is 38.3 Å². The fraction of sp³-hybridized carbons (Fsp3) is 0.458. The van der Waals surface area contributed by atoms with Gasteiger partial charge in [-0.25, -0.2) is 0 Å². The number of methoxy groups -OCH3 is 2. The van der Waals surface area contributed by atoms with Gasteiger partial charge in [-0.2, -0.15) is 0 Å². The fourth-order valence-electron chi connectivity index (χ4n) is 3.86. The van der Waals surface area contributed by atoms with Gasteiger partial charge in [-0.1, -0.05) is 30.3 Å². The Morgan fingerprint density at radius 3 is 2.37 bits per heavy atom. The highest BCUT2D eigenvalue weighted by Gasteiger charge is 2.22. The van der Waals surface area contributed by atoms with Gasteiger partial charge in [0.2, 0.25) is 5.91 Å². The molecule has 1 fully saturated rings. The minimum Gasteiger partial charge on any atom is -0.493 e. The van der Waals surface area contributed by atoms with Crippen LogP contribution in [0.1, 0.15) is 16.7 Å². The molecule has 1 amide bonds. The second kappa shape index (κ2) is 10.5. The number of amides is 1. The van der Waals surface area contributed by atoms with Gasteiger partial charge < -0.3 is 14.4 Å². The first-order valence-electron chi connectivity index (χ1n) is 10.4. The van der Waals surface area contributed by atoms with Crippen LogP contribution < -0.4 is 9.47 Å². The molecular weight excluding hydrogens is 378 g/mol. The molecule has 0 bridgehead atoms. The van der Waals surface area contributed by atoms with Crippen LogP contribution in [0, 0.1) is 6.92 Å². The predicted molar refractivity (Wildman–Crippen MR) is 119 cm³/mol. The molecule has 6 nitrogen and oxygen atoms in total. The molecular formula is C24H33N3O3. The number of hydrogen-bond acceptors (Lipinski definition) is 5. The van der Waals surface area contributed by atoms with Crippen molar-refractivity contribution in [3.8, 4) is 11.5 Å². The van der Waals surface area contributed by atoms with Crippen LogP contribution in [-0.4, -0.2) is 74.6 Å². The first-order chi connectivity index (χ1) is 14.5. The lowest BCUT2D eigenvalue weighted by molar-refractivity contribution is -0.134. The number of piperazine rings is 1. The second-order valence-corrected chi connectivity index (χ2v) is 7.95. The third-order valence-electron chi connectivity index (χ3n) is 5.69. The van der Waals surface area contributed by atoms with Gasteiger partial charge >= 0.3 is 0 Å². The molecule has 1 heterocycles. The summed E-state index contributed by atoms with van der Waals surface area (Å²) in [4.78, 5) is 19.2. The lowest BCUT2D eigenvalue weighted by Gasteiger charge is -2.35. The summed E-state index contributed by atoms with van der Waals surface area (Å²) in [5.41, 5.74) is 3.78. The third-order valence-corrected chi connectivity index (χ3v) is 5.69. The molecule has 2 aromatic carbocycles. The minimum absolute atomic E-state index is 0.188. The summed E-state index contributed by atoms with van der Waals surface area (Å²) in [7, 11) is 5.24. The number of carbonyl (C=O) groups excluding carboxylic acids is 1. The van der Waals surface area contributed by atoms with Crippen molar-refractivity contribution in [1.29, 1.82) is 0 Å². The molecule has 0 saturated carbocycles. The lowest BCUT2D eigenvalue weighted by Crippen LogP contribution is -2.50. The number of ether oxygens (including phenoxy) is 2. The van der Waals surface area contributed by atoms with Crippen molar-refractivity contribution in [2.24, 2.45) is 0 Å². The van der Waals surface area contributed by atoms with E-state index in [1.165, 1.54) is 11.1 Å². The lowest BCUT2D eigenvalue weighted by atomic mass is 10.1. The van der Waals surface area contributed by atoms with E-state index in [9.17, 15) is 4.79 Å². The summed E-state index contributed by atoms with van der Waals surface area (Å²) in [5, 5.41) is 0. The van der Waals surface area contributed by atoms with Crippen LogP contribution >= 0.6 is 0 Å². The van der Waals surface area contributed by atoms with Crippen LogP contribution in [-0.2, 0) is 17.9 Å². The van der Waals surface area contributed by atoms with Crippen molar-refractivity contribution < 1.29 is 14.3 Å². The molecule has 1 aliphatic heterocycles. The van der Waals surface area contributed by atoms with Crippen LogP contribution in [0.15, 0.2) is 42.5 Å². The van der Waals surface area contributed by atoms with E-state index in [4.69, 9.17) is 9.47 Å². The number of rotatable bonds is 8. The Morgan fingerprint density at radius 2 is 1.70 bits per heavy atom. The van der Waals surface area contributed by atoms with Gasteiger partial charge in [0.25, 0.3) is 0 Å². The molecule has 0 atom stereocenters. The van der Waals surface area contributed by atoms with E-state index in [-0.39, 0.29) is 5.91 Å². The third kappa shape index (κ3) is 5.74. The topological polar surface area (TPSA) is 45.2 Å². The highest BCUT2D eigenvalue weighted by molar-refractivity contribution is 5.78. The minimum atomic E-state index is 0.188. The maximum Gasteiger partial charge on any atom is 0.236 e. The van der Waals surface area contributed by atoms with Crippen molar-refractivity contribution in [3.63, 3.8) is 0 Å². The first-order valence-corrected chi connectivity index (χ1v) is 10.4. The average Bonchev–Trinajstić information content (AvgIpc) is 2.75. The fourth-order valence-corrected chi connectivity index (χ4v) is 3.86. The smallest absolute Gasteiger partial charge is 0.236 e. The Labute approximate surface area is 180 Å². The Balaban J connectivity index is 1.47. The molecule has 0 radical (unpaired) electrons. The summed E-state index contributed by atoms with van der Waals surface area (Å²) >= 11 is 0. The number of likely N-dealkylation sites (N-methyl/N-ethyl adjacent to an activating group) is 1. The summed E-state index contributed by atoms with van der Waals surface area (Å²) in [5.74, 6) is 1.61. The SMILES string of the molecule is COc1ccc(CN(C)CC(=O)N2CCN(Cc3ccccc3C)CC2)cc1OC. The summed E-state index contributed by atoms with van der Waals surface area (Å²) in [6.07, 6.45) is 0. The van der Waals surface area contributed by atoms with Gasteiger partial charge in [0.15, 0.2) is 11.5 Å². The second-order valence-electron chi connectivity index (χ2n) is 7.95. The van der Waals surface area contributed by atoms with Crippen LogP contribution in [0.3, 0.4) is 0 Å². The molecule has 1 aliphatic rings. The van der Waals surface area contributed by atoms with Crippen LogP contribution in [0.4, 0.5) is 0 Å². The van der Waals surface area contributed by atoms with Gasteiger partial charge in [0.05, 0.1) is 20.8 Å². The van der Waals surface area contributed by atoms with Gasteiger partial charge in [-0.3, -0.25) is 14.6 Å². The number of benzene rings is 2. The van der Waals surface area contributed by atoms with E-state index in [0.29, 0.717) is 24.6 Å². The Morgan fingerprint density at radius 1 is 1.00 bits per heavy atom. The largest absolute Gasteiger partial charge is 0.493 e. The van der Waals surface area contributed by atoms with Crippen LogP contribution in [0.25, 0.3) is 0 Å². The number of aryl methyl sites for hydroxylation is 1. The molecule has 6 heteroatoms. The van der Waals surface area contributed by atoms with Gasteiger partial charge in [0.1, 0.15) is 0 Å². The maximum atomic E-state index is 12.8. The van der Waals surface area contributed by atoms with Crippen molar-refractivity contribution in [1.82, 2.24) is 14.7 Å². The first kappa shape index (κ1) is 22.1. The van der Waals surface area contributed by atoms with Gasteiger partial charge in [-0.05, 0) is 42.8 Å². The van der Waals surface area contributed by atoms with Gasteiger partial charge in [-0.15, -0.1) is 0 Å².